The maximum atomic E-state index is 11.9. The summed E-state index contributed by atoms with van der Waals surface area (Å²) in [5.74, 6) is 0.812. The Morgan fingerprint density at radius 2 is 2.20 bits per heavy atom. The molecule has 1 aliphatic rings. The van der Waals surface area contributed by atoms with Crippen LogP contribution < -0.4 is 5.32 Å². The van der Waals surface area contributed by atoms with Crippen molar-refractivity contribution in [2.45, 2.75) is 39.7 Å². The van der Waals surface area contributed by atoms with E-state index >= 15 is 0 Å². The molecular formula is C12H17NOS. The summed E-state index contributed by atoms with van der Waals surface area (Å²) in [6.07, 6.45) is 2.54. The highest BCUT2D eigenvalue weighted by atomic mass is 32.1. The van der Waals surface area contributed by atoms with Crippen LogP contribution >= 0.6 is 11.3 Å². The molecule has 1 aliphatic carbocycles. The molecule has 2 nitrogen and oxygen atoms in total. The lowest BCUT2D eigenvalue weighted by Crippen LogP contribution is -2.33. The van der Waals surface area contributed by atoms with E-state index in [2.05, 4.69) is 19.2 Å². The van der Waals surface area contributed by atoms with Gasteiger partial charge in [0.15, 0.2) is 0 Å². The van der Waals surface area contributed by atoms with Crippen molar-refractivity contribution < 1.29 is 4.79 Å². The monoisotopic (exact) mass is 223 g/mol. The van der Waals surface area contributed by atoms with Crippen molar-refractivity contribution in [1.82, 2.24) is 5.32 Å². The minimum absolute atomic E-state index is 0.0931. The second-order valence-corrected chi connectivity index (χ2v) is 5.71. The van der Waals surface area contributed by atoms with Crippen molar-refractivity contribution in [2.24, 2.45) is 5.92 Å². The first-order valence-electron chi connectivity index (χ1n) is 5.46. The molecule has 1 amide bonds. The topological polar surface area (TPSA) is 29.1 Å². The van der Waals surface area contributed by atoms with Crippen molar-refractivity contribution >= 4 is 17.2 Å². The molecule has 1 aromatic heterocycles. The molecule has 0 saturated heterocycles. The second kappa shape index (κ2) is 3.97. The number of rotatable bonds is 3. The van der Waals surface area contributed by atoms with Crippen LogP contribution in [-0.2, 0) is 0 Å². The predicted octanol–water partition coefficient (Wildman–Crippen LogP) is 2.89. The van der Waals surface area contributed by atoms with Gasteiger partial charge in [0.05, 0.1) is 4.88 Å². The number of nitrogens with one attached hydrogen (secondary N) is 1. The number of hydrogen-bond acceptors (Lipinski definition) is 2. The first-order chi connectivity index (χ1) is 7.08. The lowest BCUT2D eigenvalue weighted by Gasteiger charge is -2.11. The summed E-state index contributed by atoms with van der Waals surface area (Å²) >= 11 is 1.58. The molecule has 15 heavy (non-hydrogen) atoms. The van der Waals surface area contributed by atoms with Crippen molar-refractivity contribution in [3.05, 3.63) is 21.4 Å². The lowest BCUT2D eigenvalue weighted by molar-refractivity contribution is 0.0940. The van der Waals surface area contributed by atoms with E-state index in [4.69, 9.17) is 0 Å². The zero-order chi connectivity index (χ0) is 11.0. The highest BCUT2D eigenvalue weighted by Crippen LogP contribution is 2.32. The van der Waals surface area contributed by atoms with E-state index in [1.54, 1.807) is 11.3 Å². The number of hydrogen-bond donors (Lipinski definition) is 1. The van der Waals surface area contributed by atoms with Gasteiger partial charge < -0.3 is 5.32 Å². The van der Waals surface area contributed by atoms with E-state index in [0.29, 0.717) is 6.04 Å². The third-order valence-electron chi connectivity index (χ3n) is 3.08. The number of carbonyl (C=O) groups is 1. The summed E-state index contributed by atoms with van der Waals surface area (Å²) in [5.41, 5.74) is 1.21. The van der Waals surface area contributed by atoms with Gasteiger partial charge >= 0.3 is 0 Å². The standard InChI is InChI=1S/C12H17NOS/c1-7-6-11(15-9(7)3)12(14)13-8(2)10-4-5-10/h6,8,10H,4-5H2,1-3H3,(H,13,14)/t8-/m0/s1. The first kappa shape index (κ1) is 10.7. The van der Waals surface area contributed by atoms with Crippen molar-refractivity contribution in [2.75, 3.05) is 0 Å². The zero-order valence-corrected chi connectivity index (χ0v) is 10.3. The second-order valence-electron chi connectivity index (χ2n) is 4.45. The maximum absolute atomic E-state index is 11.9. The SMILES string of the molecule is Cc1cc(C(=O)N[C@@H](C)C2CC2)sc1C. The quantitative estimate of drug-likeness (QED) is 0.838. The van der Waals surface area contributed by atoms with Gasteiger partial charge in [0.1, 0.15) is 0 Å². The third-order valence-corrected chi connectivity index (χ3v) is 4.23. The van der Waals surface area contributed by atoms with Gasteiger partial charge in [-0.2, -0.15) is 0 Å². The van der Waals surface area contributed by atoms with Crippen LogP contribution in [0.15, 0.2) is 6.07 Å². The highest BCUT2D eigenvalue weighted by molar-refractivity contribution is 7.14. The minimum atomic E-state index is 0.0931. The van der Waals surface area contributed by atoms with Crippen LogP contribution in [0, 0.1) is 19.8 Å². The van der Waals surface area contributed by atoms with Crippen LogP contribution in [-0.4, -0.2) is 11.9 Å². The maximum Gasteiger partial charge on any atom is 0.261 e. The Morgan fingerprint density at radius 3 is 2.67 bits per heavy atom. The fourth-order valence-corrected chi connectivity index (χ4v) is 2.61. The summed E-state index contributed by atoms with van der Waals surface area (Å²) in [5, 5.41) is 3.07. The molecule has 0 spiro atoms. The van der Waals surface area contributed by atoms with Gasteiger partial charge in [-0.3, -0.25) is 4.79 Å². The van der Waals surface area contributed by atoms with Crippen LogP contribution in [0.25, 0.3) is 0 Å². The Hall–Kier alpha value is -0.830. The van der Waals surface area contributed by atoms with Gasteiger partial charge in [0.2, 0.25) is 0 Å². The van der Waals surface area contributed by atoms with Crippen LogP contribution in [0.5, 0.6) is 0 Å². The molecule has 1 atom stereocenters. The van der Waals surface area contributed by atoms with Crippen LogP contribution in [0.3, 0.4) is 0 Å². The molecule has 82 valence electrons. The van der Waals surface area contributed by atoms with Gasteiger partial charge in [-0.25, -0.2) is 0 Å². The average molecular weight is 223 g/mol. The van der Waals surface area contributed by atoms with Gasteiger partial charge in [-0.1, -0.05) is 0 Å². The minimum Gasteiger partial charge on any atom is -0.349 e. The zero-order valence-electron chi connectivity index (χ0n) is 9.46. The van der Waals surface area contributed by atoms with E-state index in [0.717, 1.165) is 10.8 Å². The molecule has 0 radical (unpaired) electrons. The fraction of sp³-hybridized carbons (Fsp3) is 0.583. The number of carbonyl (C=O) groups excluding carboxylic acids is 1. The molecule has 3 heteroatoms. The van der Waals surface area contributed by atoms with Crippen LogP contribution in [0.2, 0.25) is 0 Å². The highest BCUT2D eigenvalue weighted by Gasteiger charge is 2.29. The molecular weight excluding hydrogens is 206 g/mol. The van der Waals surface area contributed by atoms with E-state index in [-0.39, 0.29) is 5.91 Å². The average Bonchev–Trinajstić information content (AvgIpc) is 2.95. The van der Waals surface area contributed by atoms with E-state index < -0.39 is 0 Å². The van der Waals surface area contributed by atoms with Gasteiger partial charge in [-0.15, -0.1) is 11.3 Å². The number of amides is 1. The number of aryl methyl sites for hydroxylation is 2. The lowest BCUT2D eigenvalue weighted by atomic mass is 10.2. The Bertz CT molecular complexity index is 359. The first-order valence-corrected chi connectivity index (χ1v) is 6.27. The normalized spacial score (nSPS) is 17.5. The molecule has 0 aromatic carbocycles. The molecule has 0 bridgehead atoms. The van der Waals surface area contributed by atoms with E-state index in [9.17, 15) is 4.79 Å². The van der Waals surface area contributed by atoms with Crippen LogP contribution in [0.4, 0.5) is 0 Å². The Balaban J connectivity index is 2.00. The smallest absolute Gasteiger partial charge is 0.261 e. The van der Waals surface area contributed by atoms with Gasteiger partial charge in [-0.05, 0) is 51.2 Å². The molecule has 1 saturated carbocycles. The fourth-order valence-electron chi connectivity index (χ4n) is 1.68. The Kier molecular flexibility index (Phi) is 2.83. The largest absolute Gasteiger partial charge is 0.349 e. The summed E-state index contributed by atoms with van der Waals surface area (Å²) in [4.78, 5) is 13.9. The summed E-state index contributed by atoms with van der Waals surface area (Å²) in [6.45, 7) is 6.21. The van der Waals surface area contributed by atoms with E-state index in [1.807, 2.05) is 13.0 Å². The molecule has 0 unspecified atom stereocenters. The molecule has 1 N–H and O–H groups in total. The predicted molar refractivity (Wildman–Crippen MR) is 63.4 cm³/mol. The molecule has 0 aliphatic heterocycles. The van der Waals surface area contributed by atoms with Crippen molar-refractivity contribution in [1.29, 1.82) is 0 Å². The van der Waals surface area contributed by atoms with E-state index in [1.165, 1.54) is 23.3 Å². The Morgan fingerprint density at radius 1 is 1.53 bits per heavy atom. The van der Waals surface area contributed by atoms with Crippen molar-refractivity contribution in [3.63, 3.8) is 0 Å². The van der Waals surface area contributed by atoms with Gasteiger partial charge in [0.25, 0.3) is 5.91 Å². The molecule has 1 heterocycles. The number of thiophene rings is 1. The van der Waals surface area contributed by atoms with Crippen molar-refractivity contribution in [3.8, 4) is 0 Å². The molecule has 1 aromatic rings. The summed E-state index contributed by atoms with van der Waals surface area (Å²) in [7, 11) is 0. The summed E-state index contributed by atoms with van der Waals surface area (Å²) in [6, 6.07) is 2.31. The molecule has 2 rings (SSSR count). The van der Waals surface area contributed by atoms with Crippen LogP contribution in [0.1, 0.15) is 39.9 Å². The summed E-state index contributed by atoms with van der Waals surface area (Å²) < 4.78 is 0. The molecule has 1 fully saturated rings. The third kappa shape index (κ3) is 2.40. The Labute approximate surface area is 94.7 Å². The van der Waals surface area contributed by atoms with Gasteiger partial charge in [0, 0.05) is 10.9 Å².